The monoisotopic (exact) mass is 142 g/mol. The zero-order valence-corrected chi connectivity index (χ0v) is 6.02. The molecule has 0 radical (unpaired) electrons. The summed E-state index contributed by atoms with van der Waals surface area (Å²) >= 11 is 0. The zero-order valence-electron chi connectivity index (χ0n) is 6.02. The van der Waals surface area contributed by atoms with E-state index in [0.29, 0.717) is 18.4 Å². The van der Waals surface area contributed by atoms with Crippen molar-refractivity contribution in [3.05, 3.63) is 24.1 Å². The molecule has 0 aliphatic heterocycles. The lowest BCUT2D eigenvalue weighted by Gasteiger charge is -2.07. The van der Waals surface area contributed by atoms with Crippen LogP contribution in [0.5, 0.6) is 0 Å². The van der Waals surface area contributed by atoms with Crippen LogP contribution in [0.15, 0.2) is 24.1 Å². The Kier molecular flexibility index (Phi) is 1.65. The molecule has 10 heavy (non-hydrogen) atoms. The Balaban J connectivity index is 2.86. The molecule has 0 heterocycles. The fourth-order valence-corrected chi connectivity index (χ4v) is 1.04. The lowest BCUT2D eigenvalue weighted by Crippen LogP contribution is -2.09. The molecule has 1 saturated carbocycles. The molecule has 1 fully saturated rings. The first-order chi connectivity index (χ1) is 4.60. The van der Waals surface area contributed by atoms with E-state index < -0.39 is 5.60 Å². The van der Waals surface area contributed by atoms with E-state index in [1.165, 1.54) is 13.0 Å². The molecule has 0 aromatic carbocycles. The maximum atomic E-state index is 12.6. The van der Waals surface area contributed by atoms with Crippen LogP contribution in [0, 0.1) is 0 Å². The molecule has 1 aliphatic rings. The van der Waals surface area contributed by atoms with Crippen molar-refractivity contribution >= 4 is 0 Å². The van der Waals surface area contributed by atoms with Crippen molar-refractivity contribution in [1.29, 1.82) is 0 Å². The summed E-state index contributed by atoms with van der Waals surface area (Å²) < 4.78 is 12.6. The molecular formula is C8H11FO. The van der Waals surface area contributed by atoms with E-state index in [2.05, 4.69) is 6.58 Å². The van der Waals surface area contributed by atoms with Crippen LogP contribution in [0.25, 0.3) is 0 Å². The summed E-state index contributed by atoms with van der Waals surface area (Å²) in [4.78, 5) is 0. The van der Waals surface area contributed by atoms with Gasteiger partial charge in [0.25, 0.3) is 0 Å². The minimum atomic E-state index is -0.874. The van der Waals surface area contributed by atoms with Crippen molar-refractivity contribution in [2.75, 3.05) is 0 Å². The van der Waals surface area contributed by atoms with Gasteiger partial charge in [-0.25, -0.2) is 4.39 Å². The Hall–Kier alpha value is -0.630. The van der Waals surface area contributed by atoms with Crippen molar-refractivity contribution in [1.82, 2.24) is 0 Å². The van der Waals surface area contributed by atoms with Crippen LogP contribution in [0.3, 0.4) is 0 Å². The minimum Gasteiger partial charge on any atom is -0.385 e. The van der Waals surface area contributed by atoms with Gasteiger partial charge in [0.1, 0.15) is 5.83 Å². The summed E-state index contributed by atoms with van der Waals surface area (Å²) in [6, 6.07) is 0. The van der Waals surface area contributed by atoms with E-state index in [0.717, 1.165) is 0 Å². The topological polar surface area (TPSA) is 20.2 Å². The summed E-state index contributed by atoms with van der Waals surface area (Å²) in [6.07, 6.45) is 2.72. The van der Waals surface area contributed by atoms with Crippen LogP contribution >= 0.6 is 0 Å². The molecule has 1 rings (SSSR count). The van der Waals surface area contributed by atoms with Crippen LogP contribution in [-0.4, -0.2) is 10.7 Å². The standard InChI is InChI=1S/C8H11FO/c1-3-7(6(2)9)8(10)4-5-8/h3,10H,1,4-5H2,2H3/b7-6-. The third-order valence-electron chi connectivity index (χ3n) is 1.80. The second kappa shape index (κ2) is 2.20. The molecule has 0 aromatic heterocycles. The van der Waals surface area contributed by atoms with Crippen molar-refractivity contribution in [3.63, 3.8) is 0 Å². The third kappa shape index (κ3) is 1.12. The Morgan fingerprint density at radius 3 is 2.30 bits per heavy atom. The van der Waals surface area contributed by atoms with Gasteiger partial charge in [-0.2, -0.15) is 0 Å². The van der Waals surface area contributed by atoms with Gasteiger partial charge in [-0.15, -0.1) is 0 Å². The largest absolute Gasteiger partial charge is 0.385 e. The minimum absolute atomic E-state index is 0.324. The first-order valence-electron chi connectivity index (χ1n) is 3.32. The molecule has 1 nitrogen and oxygen atoms in total. The second-order valence-corrected chi connectivity index (χ2v) is 2.68. The van der Waals surface area contributed by atoms with E-state index in [4.69, 9.17) is 0 Å². The maximum absolute atomic E-state index is 12.6. The van der Waals surface area contributed by atoms with Gasteiger partial charge in [-0.3, -0.25) is 0 Å². The molecule has 0 unspecified atom stereocenters. The lowest BCUT2D eigenvalue weighted by molar-refractivity contribution is 0.189. The van der Waals surface area contributed by atoms with Gasteiger partial charge in [-0.05, 0) is 19.8 Å². The Labute approximate surface area is 59.9 Å². The van der Waals surface area contributed by atoms with Crippen molar-refractivity contribution in [2.45, 2.75) is 25.4 Å². The summed E-state index contributed by atoms with van der Waals surface area (Å²) in [5.41, 5.74) is -0.520. The summed E-state index contributed by atoms with van der Waals surface area (Å²) in [6.45, 7) is 4.77. The molecule has 1 N–H and O–H groups in total. The van der Waals surface area contributed by atoms with Crippen LogP contribution < -0.4 is 0 Å². The molecule has 0 bridgehead atoms. The molecule has 0 spiro atoms. The van der Waals surface area contributed by atoms with Gasteiger partial charge in [0.15, 0.2) is 0 Å². The second-order valence-electron chi connectivity index (χ2n) is 2.68. The number of hydrogen-bond acceptors (Lipinski definition) is 1. The molecule has 0 aromatic rings. The summed E-state index contributed by atoms with van der Waals surface area (Å²) in [7, 11) is 0. The summed E-state index contributed by atoms with van der Waals surface area (Å²) in [5, 5.41) is 9.39. The SMILES string of the molecule is C=C/C(=C(\C)F)C1(O)CC1. The molecule has 56 valence electrons. The predicted octanol–water partition coefficient (Wildman–Crippen LogP) is 1.94. The van der Waals surface area contributed by atoms with E-state index in [9.17, 15) is 9.50 Å². The van der Waals surface area contributed by atoms with Crippen LogP contribution in [-0.2, 0) is 0 Å². The number of allylic oxidation sites excluding steroid dienone is 1. The highest BCUT2D eigenvalue weighted by Crippen LogP contribution is 2.43. The van der Waals surface area contributed by atoms with Crippen molar-refractivity contribution in [2.24, 2.45) is 0 Å². The van der Waals surface area contributed by atoms with E-state index >= 15 is 0 Å². The fraction of sp³-hybridized carbons (Fsp3) is 0.500. The molecular weight excluding hydrogens is 131 g/mol. The number of rotatable bonds is 2. The smallest absolute Gasteiger partial charge is 0.103 e. The van der Waals surface area contributed by atoms with Gasteiger partial charge >= 0.3 is 0 Å². The van der Waals surface area contributed by atoms with E-state index in [1.807, 2.05) is 0 Å². The average molecular weight is 142 g/mol. The first kappa shape index (κ1) is 7.48. The summed E-state index contributed by atoms with van der Waals surface area (Å²) in [5.74, 6) is -0.324. The maximum Gasteiger partial charge on any atom is 0.103 e. The number of aliphatic hydroxyl groups is 1. The Morgan fingerprint density at radius 2 is 2.20 bits per heavy atom. The van der Waals surface area contributed by atoms with Gasteiger partial charge in [-0.1, -0.05) is 12.7 Å². The van der Waals surface area contributed by atoms with Gasteiger partial charge in [0.05, 0.1) is 5.60 Å². The fourth-order valence-electron chi connectivity index (χ4n) is 1.04. The van der Waals surface area contributed by atoms with Gasteiger partial charge < -0.3 is 5.11 Å². The normalized spacial score (nSPS) is 23.5. The van der Waals surface area contributed by atoms with Crippen LogP contribution in [0.1, 0.15) is 19.8 Å². The Morgan fingerprint density at radius 1 is 1.70 bits per heavy atom. The van der Waals surface area contributed by atoms with Gasteiger partial charge in [0.2, 0.25) is 0 Å². The molecule has 0 amide bonds. The highest BCUT2D eigenvalue weighted by atomic mass is 19.1. The van der Waals surface area contributed by atoms with Crippen molar-refractivity contribution in [3.8, 4) is 0 Å². The molecule has 0 saturated heterocycles. The highest BCUT2D eigenvalue weighted by Gasteiger charge is 2.43. The molecule has 2 heteroatoms. The number of halogens is 1. The highest BCUT2D eigenvalue weighted by molar-refractivity contribution is 5.34. The quantitative estimate of drug-likeness (QED) is 0.584. The molecule has 1 aliphatic carbocycles. The van der Waals surface area contributed by atoms with E-state index in [-0.39, 0.29) is 5.83 Å². The Bertz CT molecular complexity index is 185. The first-order valence-corrected chi connectivity index (χ1v) is 3.32. The lowest BCUT2D eigenvalue weighted by atomic mass is 10.1. The van der Waals surface area contributed by atoms with Crippen molar-refractivity contribution < 1.29 is 9.50 Å². The average Bonchev–Trinajstić information content (AvgIpc) is 2.49. The third-order valence-corrected chi connectivity index (χ3v) is 1.80. The van der Waals surface area contributed by atoms with Crippen LogP contribution in [0.4, 0.5) is 4.39 Å². The molecule has 0 atom stereocenters. The van der Waals surface area contributed by atoms with E-state index in [1.54, 1.807) is 0 Å². The number of hydrogen-bond donors (Lipinski definition) is 1. The predicted molar refractivity (Wildman–Crippen MR) is 38.2 cm³/mol. The van der Waals surface area contributed by atoms with Crippen LogP contribution in [0.2, 0.25) is 0 Å². The van der Waals surface area contributed by atoms with Gasteiger partial charge in [0, 0.05) is 5.57 Å². The zero-order chi connectivity index (χ0) is 7.78.